The second kappa shape index (κ2) is 14.5. The minimum absolute atomic E-state index is 0. The molecule has 0 amide bonds. The molecule has 0 saturated heterocycles. The number of pyridine rings is 1. The van der Waals surface area contributed by atoms with E-state index in [1.54, 1.807) is 0 Å². The summed E-state index contributed by atoms with van der Waals surface area (Å²) in [4.78, 5) is 5.27. The first-order valence-corrected chi connectivity index (χ1v) is 13.7. The van der Waals surface area contributed by atoms with Crippen LogP contribution < -0.4 is 0 Å². The van der Waals surface area contributed by atoms with Gasteiger partial charge in [0.15, 0.2) is 0 Å². The number of fused-ring (bicyclic) bond motifs is 2. The Balaban J connectivity index is 0.00000154. The zero-order valence-electron chi connectivity index (χ0n) is 24.6. The van der Waals surface area contributed by atoms with Gasteiger partial charge in [0.25, 0.3) is 0 Å². The number of para-hydroxylation sites is 1. The SMILES string of the molecule is CCc1cccc(CC)c1[N-]C(c1cccc(C2=[C-]C=CCC2)n1)c1c2ccccc2cc2ccccc12.[CH3-].[CH3-].[Hf+4]. The van der Waals surface area contributed by atoms with E-state index in [4.69, 9.17) is 10.3 Å². The van der Waals surface area contributed by atoms with Crippen LogP contribution in [0.5, 0.6) is 0 Å². The number of aromatic nitrogens is 1. The van der Waals surface area contributed by atoms with Gasteiger partial charge in [-0.1, -0.05) is 117 Å². The molecule has 2 nitrogen and oxygen atoms in total. The summed E-state index contributed by atoms with van der Waals surface area (Å²) in [5.41, 5.74) is 8.03. The number of hydrogen-bond donors (Lipinski definition) is 0. The quantitative estimate of drug-likeness (QED) is 0.0943. The van der Waals surface area contributed by atoms with E-state index in [2.05, 4.69) is 117 Å². The topological polar surface area (TPSA) is 27.0 Å². The number of allylic oxidation sites excluding steroid dienone is 4. The molecule has 0 saturated carbocycles. The van der Waals surface area contributed by atoms with Crippen LogP contribution in [-0.2, 0) is 38.7 Å². The molecule has 1 aliphatic carbocycles. The van der Waals surface area contributed by atoms with Crippen molar-refractivity contribution in [3.05, 3.63) is 157 Å². The Morgan fingerprint density at radius 2 is 1.39 bits per heavy atom. The molecule has 41 heavy (non-hydrogen) atoms. The van der Waals surface area contributed by atoms with Crippen LogP contribution in [0.15, 0.2) is 103 Å². The zero-order chi connectivity index (χ0) is 25.9. The molecular formula is C38H38HfN2. The van der Waals surface area contributed by atoms with Gasteiger partial charge in [-0.05, 0) is 63.8 Å². The van der Waals surface area contributed by atoms with Crippen molar-refractivity contribution in [1.82, 2.24) is 4.98 Å². The van der Waals surface area contributed by atoms with E-state index in [0.29, 0.717) is 0 Å². The molecule has 4 aromatic carbocycles. The van der Waals surface area contributed by atoms with Gasteiger partial charge in [0, 0.05) is 5.69 Å². The van der Waals surface area contributed by atoms with E-state index < -0.39 is 0 Å². The van der Waals surface area contributed by atoms with E-state index in [1.165, 1.54) is 43.8 Å². The minimum Gasteiger partial charge on any atom is -0.673 e. The smallest absolute Gasteiger partial charge is 0.673 e. The van der Waals surface area contributed by atoms with Gasteiger partial charge in [-0.25, -0.2) is 0 Å². The van der Waals surface area contributed by atoms with Crippen LogP contribution in [0.1, 0.15) is 60.8 Å². The minimum atomic E-state index is -0.247. The molecule has 1 heterocycles. The van der Waals surface area contributed by atoms with E-state index >= 15 is 0 Å². The molecule has 1 unspecified atom stereocenters. The maximum absolute atomic E-state index is 5.62. The van der Waals surface area contributed by atoms with Crippen LogP contribution in [0.3, 0.4) is 0 Å². The number of nitrogens with zero attached hydrogens (tertiary/aromatic N) is 2. The summed E-state index contributed by atoms with van der Waals surface area (Å²) < 4.78 is 0. The standard InChI is InChI=1S/C36H32N2.2CH3.Hf/c1-3-25-18-12-19-26(4-2)35(25)38-36(33-23-13-22-32(37-33)27-14-6-5-7-15-27)34-30-20-10-8-16-28(30)24-29-17-9-11-21-31(29)34;;;/h5-6,8-13,16-24,36H,3-4,7,15H2,1-2H3;2*1H3;/q-2;2*-1;+4. The fraction of sp³-hybridized carbons (Fsp3) is 0.184. The molecule has 0 bridgehead atoms. The molecule has 0 fully saturated rings. The molecule has 1 atom stereocenters. The van der Waals surface area contributed by atoms with E-state index in [9.17, 15) is 0 Å². The van der Waals surface area contributed by atoms with Gasteiger partial charge < -0.3 is 25.2 Å². The predicted molar refractivity (Wildman–Crippen MR) is 174 cm³/mol. The normalized spacial score (nSPS) is 13.0. The summed E-state index contributed by atoms with van der Waals surface area (Å²) in [6.45, 7) is 4.43. The summed E-state index contributed by atoms with van der Waals surface area (Å²) >= 11 is 0. The Bertz CT molecular complexity index is 1610. The third kappa shape index (κ3) is 6.46. The number of rotatable bonds is 7. The largest absolute Gasteiger partial charge is 4.00 e. The van der Waals surface area contributed by atoms with Gasteiger partial charge in [-0.2, -0.15) is 18.2 Å². The molecule has 3 heteroatoms. The molecular weight excluding hydrogens is 663 g/mol. The maximum Gasteiger partial charge on any atom is 4.00 e. The van der Waals surface area contributed by atoms with Crippen LogP contribution in [0.25, 0.3) is 32.4 Å². The van der Waals surface area contributed by atoms with Crippen LogP contribution in [-0.4, -0.2) is 4.98 Å². The molecule has 0 N–H and O–H groups in total. The molecule has 5 aromatic rings. The Kier molecular flexibility index (Phi) is 11.4. The van der Waals surface area contributed by atoms with E-state index in [-0.39, 0.29) is 46.7 Å². The monoisotopic (exact) mass is 702 g/mol. The van der Waals surface area contributed by atoms with Crippen LogP contribution >= 0.6 is 0 Å². The summed E-state index contributed by atoms with van der Waals surface area (Å²) in [5, 5.41) is 10.5. The maximum atomic E-state index is 5.62. The van der Waals surface area contributed by atoms with E-state index in [0.717, 1.165) is 42.8 Å². The molecule has 1 aliphatic rings. The zero-order valence-corrected chi connectivity index (χ0v) is 28.2. The Hall–Kier alpha value is -3.30. The van der Waals surface area contributed by atoms with Crippen molar-refractivity contribution < 1.29 is 25.8 Å². The molecule has 0 radical (unpaired) electrons. The van der Waals surface area contributed by atoms with Gasteiger partial charge in [0.1, 0.15) is 0 Å². The average molecular weight is 701 g/mol. The Morgan fingerprint density at radius 3 is 1.98 bits per heavy atom. The predicted octanol–water partition coefficient (Wildman–Crippen LogP) is 10.7. The van der Waals surface area contributed by atoms with Gasteiger partial charge in [0.2, 0.25) is 0 Å². The van der Waals surface area contributed by atoms with Crippen molar-refractivity contribution in [1.29, 1.82) is 0 Å². The second-order valence-electron chi connectivity index (χ2n) is 9.91. The summed E-state index contributed by atoms with van der Waals surface area (Å²) in [5.74, 6) is 0. The van der Waals surface area contributed by atoms with Crippen LogP contribution in [0, 0.1) is 20.9 Å². The van der Waals surface area contributed by atoms with Crippen molar-refractivity contribution >= 4 is 32.8 Å². The summed E-state index contributed by atoms with van der Waals surface area (Å²) in [6.07, 6.45) is 11.5. The van der Waals surface area contributed by atoms with Crippen LogP contribution in [0.4, 0.5) is 5.69 Å². The van der Waals surface area contributed by atoms with Crippen molar-refractivity contribution in [2.75, 3.05) is 0 Å². The van der Waals surface area contributed by atoms with Crippen LogP contribution in [0.2, 0.25) is 0 Å². The van der Waals surface area contributed by atoms with Crippen molar-refractivity contribution in [2.24, 2.45) is 0 Å². The third-order valence-corrected chi connectivity index (χ3v) is 7.61. The molecule has 204 valence electrons. The molecule has 0 spiro atoms. The number of benzene rings is 4. The fourth-order valence-corrected chi connectivity index (χ4v) is 5.65. The molecule has 6 rings (SSSR count). The second-order valence-corrected chi connectivity index (χ2v) is 9.91. The van der Waals surface area contributed by atoms with Gasteiger partial charge in [-0.3, -0.25) is 0 Å². The molecule has 1 aromatic heterocycles. The fourth-order valence-electron chi connectivity index (χ4n) is 5.65. The average Bonchev–Trinajstić information content (AvgIpc) is 2.99. The van der Waals surface area contributed by atoms with E-state index in [1.807, 2.05) is 6.08 Å². The Morgan fingerprint density at radius 1 is 0.780 bits per heavy atom. The van der Waals surface area contributed by atoms with Gasteiger partial charge in [-0.15, -0.1) is 11.3 Å². The first kappa shape index (κ1) is 32.2. The molecule has 0 aliphatic heterocycles. The number of aryl methyl sites for hydroxylation is 2. The van der Waals surface area contributed by atoms with Crippen molar-refractivity contribution in [2.45, 2.75) is 45.6 Å². The first-order chi connectivity index (χ1) is 18.8. The summed E-state index contributed by atoms with van der Waals surface area (Å²) in [6, 6.07) is 32.4. The number of hydrogen-bond acceptors (Lipinski definition) is 1. The van der Waals surface area contributed by atoms with Crippen molar-refractivity contribution in [3.8, 4) is 0 Å². The first-order valence-electron chi connectivity index (χ1n) is 13.7. The Labute approximate surface area is 265 Å². The third-order valence-electron chi connectivity index (χ3n) is 7.61. The van der Waals surface area contributed by atoms with Gasteiger partial charge >= 0.3 is 25.8 Å². The van der Waals surface area contributed by atoms with Gasteiger partial charge in [0.05, 0.1) is 0 Å². The van der Waals surface area contributed by atoms with Crippen molar-refractivity contribution in [3.63, 3.8) is 0 Å². The summed E-state index contributed by atoms with van der Waals surface area (Å²) in [7, 11) is 0.